The Morgan fingerprint density at radius 2 is 1.57 bits per heavy atom. The van der Waals surface area contributed by atoms with Crippen molar-refractivity contribution in [1.82, 2.24) is 0 Å². The van der Waals surface area contributed by atoms with E-state index in [4.69, 9.17) is 14.2 Å². The molecule has 0 aliphatic heterocycles. The van der Waals surface area contributed by atoms with Crippen molar-refractivity contribution in [2.75, 3.05) is 14.2 Å². The Labute approximate surface area is 122 Å². The zero-order valence-corrected chi connectivity index (χ0v) is 12.0. The Hall–Kier alpha value is -2.76. The Balaban J connectivity index is 2.35. The molecular formula is C15H15NO5. The third-order valence-corrected chi connectivity index (χ3v) is 3.03. The van der Waals surface area contributed by atoms with Gasteiger partial charge in [-0.25, -0.2) is 0 Å². The molecule has 0 aliphatic carbocycles. The monoisotopic (exact) mass is 289 g/mol. The second-order valence-corrected chi connectivity index (χ2v) is 4.28. The summed E-state index contributed by atoms with van der Waals surface area (Å²) in [7, 11) is 3.03. The van der Waals surface area contributed by atoms with Crippen LogP contribution in [-0.4, -0.2) is 19.1 Å². The summed E-state index contributed by atoms with van der Waals surface area (Å²) in [4.78, 5) is 10.5. The Bertz CT molecular complexity index is 652. The van der Waals surface area contributed by atoms with Crippen LogP contribution in [0.15, 0.2) is 36.4 Å². The molecule has 0 N–H and O–H groups in total. The van der Waals surface area contributed by atoms with E-state index in [0.717, 1.165) is 0 Å². The van der Waals surface area contributed by atoms with Crippen molar-refractivity contribution < 1.29 is 19.1 Å². The molecule has 0 amide bonds. The zero-order valence-electron chi connectivity index (χ0n) is 12.0. The minimum atomic E-state index is -0.449. The largest absolute Gasteiger partial charge is 0.497 e. The summed E-state index contributed by atoms with van der Waals surface area (Å²) in [6.07, 6.45) is 0. The molecule has 0 aromatic heterocycles. The number of nitro benzene ring substituents is 1. The minimum Gasteiger partial charge on any atom is -0.497 e. The van der Waals surface area contributed by atoms with Crippen molar-refractivity contribution in [3.05, 3.63) is 52.1 Å². The minimum absolute atomic E-state index is 0.00562. The summed E-state index contributed by atoms with van der Waals surface area (Å²) in [6, 6.07) is 9.94. The highest BCUT2D eigenvalue weighted by molar-refractivity contribution is 5.57. The lowest BCUT2D eigenvalue weighted by atomic mass is 10.1. The number of nitrogens with zero attached hydrogens (tertiary/aromatic N) is 1. The molecule has 0 spiro atoms. The highest BCUT2D eigenvalue weighted by Crippen LogP contribution is 2.38. The molecule has 6 nitrogen and oxygen atoms in total. The normalized spacial score (nSPS) is 10.0. The van der Waals surface area contributed by atoms with E-state index in [-0.39, 0.29) is 5.69 Å². The standard InChI is InChI=1S/C15H15NO5/c1-10-13(16(17)18)8-9-14(15(10)20-3)21-12-6-4-11(19-2)5-7-12/h4-9H,1-3H3. The first-order valence-electron chi connectivity index (χ1n) is 6.20. The van der Waals surface area contributed by atoms with E-state index in [1.807, 2.05) is 0 Å². The van der Waals surface area contributed by atoms with Crippen LogP contribution in [0.3, 0.4) is 0 Å². The quantitative estimate of drug-likeness (QED) is 0.619. The van der Waals surface area contributed by atoms with Gasteiger partial charge in [-0.15, -0.1) is 0 Å². The van der Waals surface area contributed by atoms with Gasteiger partial charge in [0.1, 0.15) is 11.5 Å². The van der Waals surface area contributed by atoms with E-state index < -0.39 is 4.92 Å². The molecule has 6 heteroatoms. The third kappa shape index (κ3) is 3.05. The van der Waals surface area contributed by atoms with E-state index in [2.05, 4.69) is 0 Å². The first-order valence-corrected chi connectivity index (χ1v) is 6.20. The molecule has 2 rings (SSSR count). The van der Waals surface area contributed by atoms with Crippen molar-refractivity contribution in [1.29, 1.82) is 0 Å². The van der Waals surface area contributed by atoms with Crippen LogP contribution < -0.4 is 14.2 Å². The lowest BCUT2D eigenvalue weighted by Crippen LogP contribution is -1.97. The van der Waals surface area contributed by atoms with Crippen LogP contribution in [0.2, 0.25) is 0 Å². The van der Waals surface area contributed by atoms with Crippen LogP contribution in [0.25, 0.3) is 0 Å². The van der Waals surface area contributed by atoms with E-state index in [0.29, 0.717) is 28.6 Å². The number of benzene rings is 2. The van der Waals surface area contributed by atoms with Gasteiger partial charge in [0, 0.05) is 6.07 Å². The van der Waals surface area contributed by atoms with Gasteiger partial charge in [-0.1, -0.05) is 0 Å². The third-order valence-electron chi connectivity index (χ3n) is 3.03. The molecule has 0 fully saturated rings. The molecule has 0 heterocycles. The highest BCUT2D eigenvalue weighted by atomic mass is 16.6. The molecule has 0 aliphatic rings. The summed E-state index contributed by atoms with van der Waals surface area (Å²) in [6.45, 7) is 1.62. The Kier molecular flexibility index (Phi) is 4.27. The molecule has 0 unspecified atom stereocenters. The zero-order chi connectivity index (χ0) is 15.4. The van der Waals surface area contributed by atoms with E-state index in [1.54, 1.807) is 38.3 Å². The average molecular weight is 289 g/mol. The SMILES string of the molecule is COc1ccc(Oc2ccc([N+](=O)[O-])c(C)c2OC)cc1. The molecule has 0 bridgehead atoms. The first kappa shape index (κ1) is 14.6. The average Bonchev–Trinajstić information content (AvgIpc) is 2.48. The number of methoxy groups -OCH3 is 2. The second kappa shape index (κ2) is 6.13. The highest BCUT2D eigenvalue weighted by Gasteiger charge is 2.19. The van der Waals surface area contributed by atoms with Gasteiger partial charge in [0.25, 0.3) is 5.69 Å². The topological polar surface area (TPSA) is 70.8 Å². The van der Waals surface area contributed by atoms with Crippen molar-refractivity contribution in [2.24, 2.45) is 0 Å². The molecule has 0 saturated heterocycles. The number of rotatable bonds is 5. The smallest absolute Gasteiger partial charge is 0.276 e. The summed E-state index contributed by atoms with van der Waals surface area (Å²) < 4.78 is 16.0. The predicted octanol–water partition coefficient (Wildman–Crippen LogP) is 3.71. The van der Waals surface area contributed by atoms with Crippen LogP contribution in [0.1, 0.15) is 5.56 Å². The summed E-state index contributed by atoms with van der Waals surface area (Å²) >= 11 is 0. The van der Waals surface area contributed by atoms with E-state index >= 15 is 0 Å². The molecule has 0 atom stereocenters. The summed E-state index contributed by atoms with van der Waals surface area (Å²) in [5, 5.41) is 10.9. The fraction of sp³-hybridized carbons (Fsp3) is 0.200. The van der Waals surface area contributed by atoms with Crippen molar-refractivity contribution in [3.63, 3.8) is 0 Å². The van der Waals surface area contributed by atoms with Crippen LogP contribution in [0.4, 0.5) is 5.69 Å². The van der Waals surface area contributed by atoms with Crippen LogP contribution in [0.5, 0.6) is 23.0 Å². The van der Waals surface area contributed by atoms with Gasteiger partial charge >= 0.3 is 0 Å². The van der Waals surface area contributed by atoms with Gasteiger partial charge in [-0.05, 0) is 37.3 Å². The molecular weight excluding hydrogens is 274 g/mol. The van der Waals surface area contributed by atoms with Crippen molar-refractivity contribution in [2.45, 2.75) is 6.92 Å². The van der Waals surface area contributed by atoms with Gasteiger partial charge < -0.3 is 14.2 Å². The lowest BCUT2D eigenvalue weighted by molar-refractivity contribution is -0.385. The summed E-state index contributed by atoms with van der Waals surface area (Å²) in [5.41, 5.74) is 0.419. The molecule has 110 valence electrons. The molecule has 21 heavy (non-hydrogen) atoms. The fourth-order valence-electron chi connectivity index (χ4n) is 1.96. The van der Waals surface area contributed by atoms with Gasteiger partial charge in [0.2, 0.25) is 0 Å². The van der Waals surface area contributed by atoms with Crippen molar-refractivity contribution >= 4 is 5.69 Å². The predicted molar refractivity (Wildman–Crippen MR) is 77.5 cm³/mol. The number of nitro groups is 1. The van der Waals surface area contributed by atoms with Crippen LogP contribution >= 0.6 is 0 Å². The van der Waals surface area contributed by atoms with Crippen molar-refractivity contribution in [3.8, 4) is 23.0 Å². The maximum absolute atomic E-state index is 10.9. The lowest BCUT2D eigenvalue weighted by Gasteiger charge is -2.12. The number of hydrogen-bond donors (Lipinski definition) is 0. The first-order chi connectivity index (χ1) is 10.1. The van der Waals surface area contributed by atoms with E-state index in [9.17, 15) is 10.1 Å². The summed E-state index contributed by atoms with van der Waals surface area (Å²) in [5.74, 6) is 2.07. The maximum Gasteiger partial charge on any atom is 0.276 e. The van der Waals surface area contributed by atoms with E-state index in [1.165, 1.54) is 19.2 Å². The fourth-order valence-corrected chi connectivity index (χ4v) is 1.96. The molecule has 2 aromatic carbocycles. The maximum atomic E-state index is 10.9. The van der Waals surface area contributed by atoms with Gasteiger partial charge in [-0.2, -0.15) is 0 Å². The molecule has 2 aromatic rings. The molecule has 0 saturated carbocycles. The Morgan fingerprint density at radius 1 is 0.952 bits per heavy atom. The van der Waals surface area contributed by atoms with Crippen LogP contribution in [-0.2, 0) is 0 Å². The van der Waals surface area contributed by atoms with Gasteiger partial charge in [-0.3, -0.25) is 10.1 Å². The van der Waals surface area contributed by atoms with Gasteiger partial charge in [0.05, 0.1) is 24.7 Å². The van der Waals surface area contributed by atoms with Gasteiger partial charge in [0.15, 0.2) is 11.5 Å². The number of hydrogen-bond acceptors (Lipinski definition) is 5. The molecule has 0 radical (unpaired) electrons. The van der Waals surface area contributed by atoms with Crippen LogP contribution in [0, 0.1) is 17.0 Å². The number of ether oxygens (including phenoxy) is 3. The second-order valence-electron chi connectivity index (χ2n) is 4.28. The Morgan fingerprint density at radius 3 is 2.10 bits per heavy atom.